The molecule has 0 aromatic heterocycles. The summed E-state index contributed by atoms with van der Waals surface area (Å²) in [6, 6.07) is 4.23. The first-order valence-corrected chi connectivity index (χ1v) is 8.05. The number of benzene rings is 1. The van der Waals surface area contributed by atoms with Crippen molar-refractivity contribution < 1.29 is 19.8 Å². The van der Waals surface area contributed by atoms with Crippen molar-refractivity contribution in [2.45, 2.75) is 29.9 Å². The topological polar surface area (TPSA) is 102 Å². The number of thioether (sulfide) groups is 1. The highest BCUT2D eigenvalue weighted by Crippen LogP contribution is 2.45. The first kappa shape index (κ1) is 15.7. The Hall–Kier alpha value is -2.22. The van der Waals surface area contributed by atoms with Crippen LogP contribution in [-0.2, 0) is 16.0 Å². The van der Waals surface area contributed by atoms with Crippen molar-refractivity contribution in [1.29, 1.82) is 0 Å². The van der Waals surface area contributed by atoms with E-state index in [1.54, 1.807) is 24.0 Å². The summed E-state index contributed by atoms with van der Waals surface area (Å²) in [6.45, 7) is 2.59. The lowest BCUT2D eigenvalue weighted by Gasteiger charge is -2.32. The molecule has 2 fully saturated rings. The molecular weight excluding hydrogens is 318 g/mol. The van der Waals surface area contributed by atoms with Crippen LogP contribution in [0, 0.1) is 0 Å². The summed E-state index contributed by atoms with van der Waals surface area (Å²) in [5, 5.41) is 22.8. The van der Waals surface area contributed by atoms with Gasteiger partial charge in [0, 0.05) is 12.8 Å². The zero-order valence-corrected chi connectivity index (χ0v) is 13.3. The maximum atomic E-state index is 11.8. The number of nitrogens with zero attached hydrogens (tertiary/aromatic N) is 2. The maximum absolute atomic E-state index is 11.8. The molecule has 122 valence electrons. The van der Waals surface area contributed by atoms with Gasteiger partial charge < -0.3 is 15.1 Å². The molecule has 0 bridgehead atoms. The fourth-order valence-corrected chi connectivity index (χ4v) is 4.12. The maximum Gasteiger partial charge on any atom is 0.244 e. The molecule has 0 unspecified atom stereocenters. The highest BCUT2D eigenvalue weighted by atomic mass is 32.2. The van der Waals surface area contributed by atoms with Gasteiger partial charge in [0.15, 0.2) is 11.5 Å². The van der Waals surface area contributed by atoms with Crippen LogP contribution in [0.3, 0.4) is 0 Å². The second-order valence-electron chi connectivity index (χ2n) is 5.90. The van der Waals surface area contributed by atoms with E-state index in [-0.39, 0.29) is 39.9 Å². The predicted molar refractivity (Wildman–Crippen MR) is 86.2 cm³/mol. The van der Waals surface area contributed by atoms with Crippen LogP contribution in [0.15, 0.2) is 23.3 Å². The van der Waals surface area contributed by atoms with Crippen molar-refractivity contribution in [3.8, 4) is 11.5 Å². The average Bonchev–Trinajstić information content (AvgIpc) is 2.75. The van der Waals surface area contributed by atoms with Crippen molar-refractivity contribution in [3.05, 3.63) is 23.8 Å². The normalized spacial score (nSPS) is 26.2. The Morgan fingerprint density at radius 1 is 1.52 bits per heavy atom. The Balaban J connectivity index is 1.52. The number of hydrogen-bond donors (Lipinski definition) is 3. The van der Waals surface area contributed by atoms with Crippen LogP contribution >= 0.6 is 11.8 Å². The summed E-state index contributed by atoms with van der Waals surface area (Å²) in [5.74, 6) is -0.645. The number of aromatic hydroxyl groups is 2. The van der Waals surface area contributed by atoms with Crippen molar-refractivity contribution in [1.82, 2.24) is 10.3 Å². The van der Waals surface area contributed by atoms with E-state index in [9.17, 15) is 19.8 Å². The summed E-state index contributed by atoms with van der Waals surface area (Å²) >= 11 is 1.67. The molecule has 1 aromatic carbocycles. The molecule has 0 aliphatic carbocycles. The van der Waals surface area contributed by atoms with Gasteiger partial charge in [-0.3, -0.25) is 9.59 Å². The number of carbonyl (C=O) groups is 2. The van der Waals surface area contributed by atoms with E-state index in [0.717, 1.165) is 0 Å². The third-order valence-electron chi connectivity index (χ3n) is 3.84. The SMILES string of the molecule is C[C@]1(/C=N/NC(=O)Cc2ccc(O)c(O)c2)CN2C(=O)C[C@H]2S1. The zero-order chi connectivity index (χ0) is 16.6. The molecule has 3 rings (SSSR count). The van der Waals surface area contributed by atoms with Gasteiger partial charge in [0.2, 0.25) is 11.8 Å². The van der Waals surface area contributed by atoms with Crippen LogP contribution in [0.25, 0.3) is 0 Å². The molecule has 2 saturated heterocycles. The molecule has 0 saturated carbocycles. The van der Waals surface area contributed by atoms with Gasteiger partial charge in [0.05, 0.1) is 23.0 Å². The van der Waals surface area contributed by atoms with Crippen molar-refractivity contribution in [2.24, 2.45) is 5.10 Å². The molecule has 7 nitrogen and oxygen atoms in total. The van der Waals surface area contributed by atoms with E-state index < -0.39 is 0 Å². The first-order chi connectivity index (χ1) is 10.9. The summed E-state index contributed by atoms with van der Waals surface area (Å²) in [6.07, 6.45) is 2.28. The van der Waals surface area contributed by atoms with Crippen LogP contribution in [0.4, 0.5) is 0 Å². The van der Waals surface area contributed by atoms with Crippen molar-refractivity contribution in [2.75, 3.05) is 6.54 Å². The molecule has 0 radical (unpaired) electrons. The molecule has 1 aromatic rings. The lowest BCUT2D eigenvalue weighted by Crippen LogP contribution is -2.47. The minimum atomic E-state index is -0.322. The number of phenols is 2. The lowest BCUT2D eigenvalue weighted by atomic mass is 10.1. The minimum Gasteiger partial charge on any atom is -0.504 e. The number of fused-ring (bicyclic) bond motifs is 1. The van der Waals surface area contributed by atoms with E-state index in [2.05, 4.69) is 10.5 Å². The van der Waals surface area contributed by atoms with Gasteiger partial charge in [-0.1, -0.05) is 6.07 Å². The average molecular weight is 335 g/mol. The molecule has 23 heavy (non-hydrogen) atoms. The third-order valence-corrected chi connectivity index (χ3v) is 5.30. The smallest absolute Gasteiger partial charge is 0.244 e. The number of hydrogen-bond acceptors (Lipinski definition) is 6. The van der Waals surface area contributed by atoms with Gasteiger partial charge in [-0.25, -0.2) is 5.43 Å². The summed E-state index contributed by atoms with van der Waals surface area (Å²) < 4.78 is -0.291. The predicted octanol–water partition coefficient (Wildman–Crippen LogP) is 0.806. The number of phenolic OH excluding ortho intramolecular Hbond substituents is 2. The summed E-state index contributed by atoms with van der Waals surface area (Å²) in [4.78, 5) is 25.1. The number of nitrogens with one attached hydrogen (secondary N) is 1. The minimum absolute atomic E-state index is 0.0439. The quantitative estimate of drug-likeness (QED) is 0.327. The van der Waals surface area contributed by atoms with E-state index in [1.807, 2.05) is 11.8 Å². The lowest BCUT2D eigenvalue weighted by molar-refractivity contribution is -0.140. The Bertz CT molecular complexity index is 693. The van der Waals surface area contributed by atoms with Crippen molar-refractivity contribution in [3.63, 3.8) is 0 Å². The second kappa shape index (κ2) is 5.77. The van der Waals surface area contributed by atoms with E-state index in [0.29, 0.717) is 18.5 Å². The van der Waals surface area contributed by atoms with Crippen LogP contribution in [0.5, 0.6) is 11.5 Å². The number of amides is 2. The highest BCUT2D eigenvalue weighted by molar-refractivity contribution is 8.02. The first-order valence-electron chi connectivity index (χ1n) is 7.17. The molecule has 2 heterocycles. The van der Waals surface area contributed by atoms with Crippen LogP contribution < -0.4 is 5.43 Å². The highest BCUT2D eigenvalue weighted by Gasteiger charge is 2.49. The number of rotatable bonds is 4. The second-order valence-corrected chi connectivity index (χ2v) is 7.62. The molecule has 2 aliphatic heterocycles. The Morgan fingerprint density at radius 2 is 2.30 bits per heavy atom. The summed E-state index contributed by atoms with van der Waals surface area (Å²) in [5.41, 5.74) is 3.02. The fraction of sp³-hybridized carbons (Fsp3) is 0.400. The van der Waals surface area contributed by atoms with E-state index in [1.165, 1.54) is 12.1 Å². The van der Waals surface area contributed by atoms with Crippen LogP contribution in [0.2, 0.25) is 0 Å². The molecule has 8 heteroatoms. The Labute approximate surface area is 137 Å². The Morgan fingerprint density at radius 3 is 2.96 bits per heavy atom. The molecule has 3 N–H and O–H groups in total. The van der Waals surface area contributed by atoms with Gasteiger partial charge in [-0.15, -0.1) is 11.8 Å². The monoisotopic (exact) mass is 335 g/mol. The molecule has 0 spiro atoms. The van der Waals surface area contributed by atoms with Crippen LogP contribution in [0.1, 0.15) is 18.9 Å². The standard InChI is InChI=1S/C15H17N3O4S/c1-15(8-18-13(22)6-14(18)23-15)7-16-17-12(21)5-9-2-3-10(19)11(20)4-9/h2-4,7,14,19-20H,5-6,8H2,1H3,(H,17,21)/b16-7+/t14-,15+/m1/s1. The Kier molecular flexibility index (Phi) is 3.93. The number of hydrazone groups is 1. The number of carbonyl (C=O) groups excluding carboxylic acids is 2. The van der Waals surface area contributed by atoms with Gasteiger partial charge >= 0.3 is 0 Å². The summed E-state index contributed by atoms with van der Waals surface area (Å²) in [7, 11) is 0. The van der Waals surface area contributed by atoms with Crippen LogP contribution in [-0.4, -0.2) is 49.8 Å². The molecule has 2 amide bonds. The van der Waals surface area contributed by atoms with Gasteiger partial charge in [-0.05, 0) is 24.6 Å². The fourth-order valence-electron chi connectivity index (χ4n) is 2.62. The van der Waals surface area contributed by atoms with E-state index in [4.69, 9.17) is 0 Å². The van der Waals surface area contributed by atoms with Gasteiger partial charge in [0.25, 0.3) is 0 Å². The zero-order valence-electron chi connectivity index (χ0n) is 12.5. The molecule has 2 atom stereocenters. The van der Waals surface area contributed by atoms with Crippen molar-refractivity contribution >= 4 is 29.8 Å². The largest absolute Gasteiger partial charge is 0.504 e. The molecular formula is C15H17N3O4S. The van der Waals surface area contributed by atoms with Gasteiger partial charge in [0.1, 0.15) is 0 Å². The molecule has 2 aliphatic rings. The van der Waals surface area contributed by atoms with Gasteiger partial charge in [-0.2, -0.15) is 5.10 Å². The van der Waals surface area contributed by atoms with E-state index >= 15 is 0 Å². The number of β-lactam (4-membered cyclic amide) rings is 1. The third kappa shape index (κ3) is 3.26.